The zero-order valence-electron chi connectivity index (χ0n) is 14.4. The maximum Gasteiger partial charge on any atom is 0.342 e. The minimum Gasteiger partial charge on any atom is -0.716 e. The van der Waals surface area contributed by atoms with Crippen molar-refractivity contribution in [3.05, 3.63) is 59.4 Å². The number of hydrogen-bond acceptors (Lipinski definition) is 8. The summed E-state index contributed by atoms with van der Waals surface area (Å²) in [5, 5.41) is 0.241. The van der Waals surface area contributed by atoms with Crippen LogP contribution in [0.5, 0.6) is 11.5 Å². The third kappa shape index (κ3) is 4.21. The number of fused-ring (bicyclic) bond motifs is 1. The van der Waals surface area contributed by atoms with Crippen LogP contribution in [0.2, 0.25) is 0 Å². The van der Waals surface area contributed by atoms with Gasteiger partial charge in [0, 0.05) is 11.5 Å². The molecule has 1 heterocycles. The van der Waals surface area contributed by atoms with Crippen LogP contribution in [0.15, 0.2) is 46.9 Å². The Hall–Kier alpha value is -3.04. The number of carbonyl (C=O) groups excluding carboxylic acids is 1. The molecule has 0 fully saturated rings. The van der Waals surface area contributed by atoms with Gasteiger partial charge in [-0.15, -0.1) is 0 Å². The maximum absolute atomic E-state index is 12.5. The average Bonchev–Trinajstić information content (AvgIpc) is 2.93. The lowest BCUT2D eigenvalue weighted by Crippen LogP contribution is -2.08. The van der Waals surface area contributed by atoms with Crippen LogP contribution in [-0.2, 0) is 21.7 Å². The van der Waals surface area contributed by atoms with Crippen LogP contribution in [0.1, 0.15) is 21.7 Å². The van der Waals surface area contributed by atoms with E-state index in [4.69, 9.17) is 13.9 Å². The number of rotatable bonds is 6. The first-order valence-corrected chi connectivity index (χ1v) is 9.09. The number of carbonyl (C=O) groups is 1. The molecule has 9 heteroatoms. The second-order valence-electron chi connectivity index (χ2n) is 5.59. The first-order valence-electron chi connectivity index (χ1n) is 7.76. The molecule has 0 aliphatic carbocycles. The van der Waals surface area contributed by atoms with Crippen LogP contribution in [0, 0.1) is 6.92 Å². The first-order chi connectivity index (χ1) is 12.8. The molecule has 0 aliphatic heterocycles. The highest BCUT2D eigenvalue weighted by Gasteiger charge is 2.23. The summed E-state index contributed by atoms with van der Waals surface area (Å²) in [6.45, 7) is 1.62. The van der Waals surface area contributed by atoms with Gasteiger partial charge in [-0.2, -0.15) is 0 Å². The third-order valence-electron chi connectivity index (χ3n) is 3.76. The standard InChI is InChI=1S/C18H16O8S/c1-11-17(18(19)24-10-12-6-4-3-5-7-12)13-8-16(26-27(20,21)22)15(23-2)9-14(13)25-11/h3-9H,10H2,1-2H3,(H,20,21,22)/p-1. The second kappa shape index (κ2) is 7.29. The van der Waals surface area contributed by atoms with E-state index in [1.54, 1.807) is 6.92 Å². The van der Waals surface area contributed by atoms with Crippen molar-refractivity contribution in [1.82, 2.24) is 0 Å². The van der Waals surface area contributed by atoms with Crippen LogP contribution in [0.25, 0.3) is 11.0 Å². The van der Waals surface area contributed by atoms with Crippen molar-refractivity contribution < 1.29 is 35.8 Å². The van der Waals surface area contributed by atoms with Crippen molar-refractivity contribution in [3.8, 4) is 11.5 Å². The number of hydrogen-bond donors (Lipinski definition) is 0. The highest BCUT2D eigenvalue weighted by atomic mass is 32.3. The van der Waals surface area contributed by atoms with Gasteiger partial charge >= 0.3 is 5.97 Å². The van der Waals surface area contributed by atoms with Gasteiger partial charge in [-0.3, -0.25) is 0 Å². The average molecular weight is 391 g/mol. The molecule has 0 amide bonds. The van der Waals surface area contributed by atoms with Crippen LogP contribution in [0.3, 0.4) is 0 Å². The molecule has 2 aromatic carbocycles. The third-order valence-corrected chi connectivity index (χ3v) is 4.14. The molecule has 0 saturated heterocycles. The van der Waals surface area contributed by atoms with Crippen LogP contribution < -0.4 is 8.92 Å². The number of aryl methyl sites for hydroxylation is 1. The molecule has 0 aliphatic rings. The highest BCUT2D eigenvalue weighted by Crippen LogP contribution is 2.37. The summed E-state index contributed by atoms with van der Waals surface area (Å²) < 4.78 is 53.1. The zero-order valence-corrected chi connectivity index (χ0v) is 15.2. The number of benzene rings is 2. The molecule has 142 valence electrons. The Morgan fingerprint density at radius 3 is 2.48 bits per heavy atom. The van der Waals surface area contributed by atoms with Crippen molar-refractivity contribution in [2.24, 2.45) is 0 Å². The van der Waals surface area contributed by atoms with Gasteiger partial charge in [0.05, 0.1) is 7.11 Å². The molecule has 0 N–H and O–H groups in total. The van der Waals surface area contributed by atoms with Gasteiger partial charge in [0.2, 0.25) is 0 Å². The van der Waals surface area contributed by atoms with Crippen molar-refractivity contribution in [3.63, 3.8) is 0 Å². The van der Waals surface area contributed by atoms with Gasteiger partial charge in [0.25, 0.3) is 10.4 Å². The maximum atomic E-state index is 12.5. The Balaban J connectivity index is 1.98. The van der Waals surface area contributed by atoms with Gasteiger partial charge in [-0.25, -0.2) is 13.2 Å². The van der Waals surface area contributed by atoms with E-state index in [1.807, 2.05) is 30.3 Å². The van der Waals surface area contributed by atoms with Gasteiger partial charge in [0.15, 0.2) is 11.5 Å². The second-order valence-corrected chi connectivity index (χ2v) is 6.57. The van der Waals surface area contributed by atoms with E-state index in [0.29, 0.717) is 0 Å². The van der Waals surface area contributed by atoms with E-state index >= 15 is 0 Å². The minimum atomic E-state index is -5.03. The summed E-state index contributed by atoms with van der Waals surface area (Å²) >= 11 is 0. The molecule has 0 unspecified atom stereocenters. The number of methoxy groups -OCH3 is 1. The topological polar surface area (TPSA) is 115 Å². The van der Waals surface area contributed by atoms with Gasteiger partial charge in [-0.05, 0) is 18.6 Å². The molecule has 0 atom stereocenters. The smallest absolute Gasteiger partial charge is 0.342 e. The molecule has 3 aromatic rings. The largest absolute Gasteiger partial charge is 0.716 e. The minimum absolute atomic E-state index is 0.0279. The predicted molar refractivity (Wildman–Crippen MR) is 93.4 cm³/mol. The fourth-order valence-corrected chi connectivity index (χ4v) is 2.96. The fourth-order valence-electron chi connectivity index (χ4n) is 2.61. The Bertz CT molecular complexity index is 1080. The number of furan rings is 1. The molecule has 0 spiro atoms. The summed E-state index contributed by atoms with van der Waals surface area (Å²) in [7, 11) is -3.75. The van der Waals surface area contributed by atoms with E-state index in [-0.39, 0.29) is 40.4 Å². The van der Waals surface area contributed by atoms with Crippen molar-refractivity contribution in [1.29, 1.82) is 0 Å². The van der Waals surface area contributed by atoms with E-state index < -0.39 is 16.4 Å². The monoisotopic (exact) mass is 391 g/mol. The SMILES string of the molecule is COc1cc2oc(C)c(C(=O)OCc3ccccc3)c2cc1OS(=O)(=O)[O-]. The molecule has 0 bridgehead atoms. The summed E-state index contributed by atoms with van der Waals surface area (Å²) in [6, 6.07) is 11.6. The molecular weight excluding hydrogens is 376 g/mol. The van der Waals surface area contributed by atoms with Crippen LogP contribution in [-0.4, -0.2) is 26.0 Å². The van der Waals surface area contributed by atoms with E-state index in [1.165, 1.54) is 19.2 Å². The molecule has 0 radical (unpaired) electrons. The lowest BCUT2D eigenvalue weighted by atomic mass is 10.1. The molecule has 3 rings (SSSR count). The lowest BCUT2D eigenvalue weighted by molar-refractivity contribution is 0.0472. The molecule has 1 aromatic heterocycles. The van der Waals surface area contributed by atoms with E-state index in [9.17, 15) is 17.8 Å². The Morgan fingerprint density at radius 2 is 1.85 bits per heavy atom. The summed E-state index contributed by atoms with van der Waals surface area (Å²) in [5.74, 6) is -0.763. The number of ether oxygens (including phenoxy) is 2. The zero-order chi connectivity index (χ0) is 19.6. The quantitative estimate of drug-likeness (QED) is 0.358. The molecule has 27 heavy (non-hydrogen) atoms. The predicted octanol–water partition coefficient (Wildman–Crippen LogP) is 2.95. The van der Waals surface area contributed by atoms with Crippen LogP contribution >= 0.6 is 0 Å². The summed E-state index contributed by atoms with van der Waals surface area (Å²) in [4.78, 5) is 12.5. The fraction of sp³-hybridized carbons (Fsp3) is 0.167. The van der Waals surface area contributed by atoms with Crippen molar-refractivity contribution in [2.75, 3.05) is 7.11 Å². The normalized spacial score (nSPS) is 11.4. The Kier molecular flexibility index (Phi) is 5.06. The van der Waals surface area contributed by atoms with Gasteiger partial charge in [-0.1, -0.05) is 30.3 Å². The van der Waals surface area contributed by atoms with Crippen molar-refractivity contribution in [2.45, 2.75) is 13.5 Å². The van der Waals surface area contributed by atoms with E-state index in [2.05, 4.69) is 4.18 Å². The molecule has 0 saturated carbocycles. The molecule has 8 nitrogen and oxygen atoms in total. The number of esters is 1. The Labute approximate surface area is 155 Å². The lowest BCUT2D eigenvalue weighted by Gasteiger charge is -2.12. The van der Waals surface area contributed by atoms with Crippen molar-refractivity contribution >= 4 is 27.3 Å². The highest BCUT2D eigenvalue weighted by molar-refractivity contribution is 7.81. The summed E-state index contributed by atoms with van der Waals surface area (Å²) in [6.07, 6.45) is 0. The van der Waals surface area contributed by atoms with E-state index in [0.717, 1.165) is 5.56 Å². The first kappa shape index (κ1) is 18.7. The van der Waals surface area contributed by atoms with Gasteiger partial charge < -0.3 is 22.6 Å². The molecular formula is C18H15O8S-. The van der Waals surface area contributed by atoms with Gasteiger partial charge in [0.1, 0.15) is 23.5 Å². The summed E-state index contributed by atoms with van der Waals surface area (Å²) in [5.41, 5.74) is 1.17. The Morgan fingerprint density at radius 1 is 1.15 bits per heavy atom. The van der Waals surface area contributed by atoms with Crippen LogP contribution in [0.4, 0.5) is 0 Å².